The highest BCUT2D eigenvalue weighted by Crippen LogP contribution is 2.16. The molecule has 0 radical (unpaired) electrons. The number of rotatable bonds is 5. The van der Waals surface area contributed by atoms with Crippen molar-refractivity contribution in [2.45, 2.75) is 38.5 Å². The van der Waals surface area contributed by atoms with Gasteiger partial charge in [0.15, 0.2) is 0 Å². The van der Waals surface area contributed by atoms with E-state index in [0.29, 0.717) is 0 Å². The van der Waals surface area contributed by atoms with Crippen molar-refractivity contribution in [2.24, 2.45) is 0 Å². The number of unbranched alkanes of at least 4 members (excludes halogenated alkanes) is 1. The first-order valence-corrected chi connectivity index (χ1v) is 5.85. The maximum Gasteiger partial charge on any atom is 0.315 e. The minimum atomic E-state index is -0.184. The standard InChI is InChI=1S/C9H20N2OS/c1-5-6-7-10-8(12)11-9(2,3)13-4/h5-7H2,1-4H3,(H2,10,11,12). The van der Waals surface area contributed by atoms with Gasteiger partial charge in [0, 0.05) is 6.54 Å². The Morgan fingerprint density at radius 3 is 2.54 bits per heavy atom. The Bertz CT molecular complexity index is 160. The zero-order valence-electron chi connectivity index (χ0n) is 8.94. The Morgan fingerprint density at radius 2 is 2.08 bits per heavy atom. The van der Waals surface area contributed by atoms with Crippen molar-refractivity contribution in [1.82, 2.24) is 10.6 Å². The van der Waals surface area contributed by atoms with Crippen LogP contribution in [0.25, 0.3) is 0 Å². The van der Waals surface area contributed by atoms with Crippen molar-refractivity contribution in [3.05, 3.63) is 0 Å². The molecule has 0 spiro atoms. The molecule has 0 aliphatic heterocycles. The van der Waals surface area contributed by atoms with Crippen LogP contribution in [0.3, 0.4) is 0 Å². The molecular weight excluding hydrogens is 184 g/mol. The SMILES string of the molecule is CCCCNC(=O)NC(C)(C)SC. The largest absolute Gasteiger partial charge is 0.338 e. The van der Waals surface area contributed by atoms with E-state index in [0.717, 1.165) is 19.4 Å². The molecule has 13 heavy (non-hydrogen) atoms. The molecular formula is C9H20N2OS. The predicted octanol–water partition coefficient (Wildman–Crippen LogP) is 2.18. The molecule has 4 heteroatoms. The van der Waals surface area contributed by atoms with E-state index in [2.05, 4.69) is 17.6 Å². The summed E-state index contributed by atoms with van der Waals surface area (Å²) in [4.78, 5) is 11.1. The molecule has 0 saturated heterocycles. The Labute approximate surface area is 85.0 Å². The molecule has 2 amide bonds. The summed E-state index contributed by atoms with van der Waals surface area (Å²) < 4.78 is 0. The van der Waals surface area contributed by atoms with Gasteiger partial charge in [-0.1, -0.05) is 13.3 Å². The van der Waals surface area contributed by atoms with Gasteiger partial charge in [0.1, 0.15) is 0 Å². The zero-order chi connectivity index (χ0) is 10.3. The van der Waals surface area contributed by atoms with Gasteiger partial charge in [-0.2, -0.15) is 0 Å². The molecule has 0 fully saturated rings. The molecule has 0 unspecified atom stereocenters. The van der Waals surface area contributed by atoms with Crippen LogP contribution in [-0.4, -0.2) is 23.7 Å². The van der Waals surface area contributed by atoms with Gasteiger partial charge >= 0.3 is 6.03 Å². The third kappa shape index (κ3) is 6.75. The van der Waals surface area contributed by atoms with Gasteiger partial charge in [0.05, 0.1) is 4.87 Å². The lowest BCUT2D eigenvalue weighted by atomic mass is 10.3. The van der Waals surface area contributed by atoms with E-state index in [4.69, 9.17) is 0 Å². The fourth-order valence-corrected chi connectivity index (χ4v) is 0.942. The number of hydrogen-bond acceptors (Lipinski definition) is 2. The van der Waals surface area contributed by atoms with Gasteiger partial charge in [0.2, 0.25) is 0 Å². The second-order valence-corrected chi connectivity index (χ2v) is 4.88. The van der Waals surface area contributed by atoms with E-state index in [1.165, 1.54) is 0 Å². The van der Waals surface area contributed by atoms with Crippen LogP contribution in [0.1, 0.15) is 33.6 Å². The zero-order valence-corrected chi connectivity index (χ0v) is 9.75. The second kappa shape index (κ2) is 6.13. The Kier molecular flexibility index (Phi) is 5.95. The fraction of sp³-hybridized carbons (Fsp3) is 0.889. The third-order valence-corrected chi connectivity index (χ3v) is 2.86. The average Bonchev–Trinajstić information content (AvgIpc) is 2.04. The van der Waals surface area contributed by atoms with Crippen molar-refractivity contribution in [2.75, 3.05) is 12.8 Å². The van der Waals surface area contributed by atoms with E-state index in [9.17, 15) is 4.79 Å². The van der Waals surface area contributed by atoms with Gasteiger partial charge in [-0.15, -0.1) is 11.8 Å². The number of carbonyl (C=O) groups excluding carboxylic acids is 1. The predicted molar refractivity (Wildman–Crippen MR) is 59.0 cm³/mol. The number of nitrogens with one attached hydrogen (secondary N) is 2. The highest BCUT2D eigenvalue weighted by atomic mass is 32.2. The van der Waals surface area contributed by atoms with Gasteiger partial charge < -0.3 is 10.6 Å². The molecule has 0 aromatic rings. The van der Waals surface area contributed by atoms with Gasteiger partial charge in [-0.05, 0) is 26.5 Å². The topological polar surface area (TPSA) is 41.1 Å². The number of amides is 2. The first-order chi connectivity index (χ1) is 6.02. The molecule has 0 aliphatic carbocycles. The van der Waals surface area contributed by atoms with E-state index < -0.39 is 0 Å². The highest BCUT2D eigenvalue weighted by molar-refractivity contribution is 7.99. The molecule has 0 rings (SSSR count). The van der Waals surface area contributed by atoms with Crippen LogP contribution in [0.4, 0.5) is 4.79 Å². The smallest absolute Gasteiger partial charge is 0.315 e. The summed E-state index contributed by atoms with van der Waals surface area (Å²) in [5.41, 5.74) is 0. The molecule has 0 bridgehead atoms. The van der Waals surface area contributed by atoms with Crippen molar-refractivity contribution < 1.29 is 4.79 Å². The van der Waals surface area contributed by atoms with Crippen LogP contribution < -0.4 is 10.6 Å². The number of thioether (sulfide) groups is 1. The molecule has 0 aromatic carbocycles. The number of carbonyl (C=O) groups is 1. The molecule has 0 atom stereocenters. The molecule has 78 valence electrons. The normalized spacial score (nSPS) is 11.1. The first-order valence-electron chi connectivity index (χ1n) is 4.63. The van der Waals surface area contributed by atoms with Crippen molar-refractivity contribution in [3.63, 3.8) is 0 Å². The average molecular weight is 204 g/mol. The fourth-order valence-electron chi connectivity index (χ4n) is 0.747. The summed E-state index contributed by atoms with van der Waals surface area (Å²) >= 11 is 1.62. The maximum atomic E-state index is 11.3. The van der Waals surface area contributed by atoms with Gasteiger partial charge in [0.25, 0.3) is 0 Å². The summed E-state index contributed by atoms with van der Waals surface area (Å²) in [6.07, 6.45) is 4.12. The molecule has 2 N–H and O–H groups in total. The molecule has 3 nitrogen and oxygen atoms in total. The lowest BCUT2D eigenvalue weighted by Crippen LogP contribution is -2.46. The van der Waals surface area contributed by atoms with Gasteiger partial charge in [-0.3, -0.25) is 0 Å². The lowest BCUT2D eigenvalue weighted by molar-refractivity contribution is 0.237. The quantitative estimate of drug-likeness (QED) is 0.532. The Balaban J connectivity index is 3.62. The first kappa shape index (κ1) is 12.6. The van der Waals surface area contributed by atoms with Crippen LogP contribution in [0.5, 0.6) is 0 Å². The summed E-state index contributed by atoms with van der Waals surface area (Å²) in [7, 11) is 0. The summed E-state index contributed by atoms with van der Waals surface area (Å²) in [6, 6.07) is -0.0761. The number of urea groups is 1. The minimum absolute atomic E-state index is 0.0761. The van der Waals surface area contributed by atoms with Crippen LogP contribution in [-0.2, 0) is 0 Å². The molecule has 0 heterocycles. The van der Waals surface area contributed by atoms with Crippen LogP contribution in [0.15, 0.2) is 0 Å². The van der Waals surface area contributed by atoms with Crippen molar-refractivity contribution in [1.29, 1.82) is 0 Å². The Hall–Kier alpha value is -0.380. The van der Waals surface area contributed by atoms with E-state index in [-0.39, 0.29) is 10.9 Å². The van der Waals surface area contributed by atoms with Crippen LogP contribution in [0, 0.1) is 0 Å². The van der Waals surface area contributed by atoms with E-state index in [1.54, 1.807) is 11.8 Å². The number of hydrogen-bond donors (Lipinski definition) is 2. The van der Waals surface area contributed by atoms with Gasteiger partial charge in [-0.25, -0.2) is 4.79 Å². The maximum absolute atomic E-state index is 11.3. The van der Waals surface area contributed by atoms with Crippen LogP contribution in [0.2, 0.25) is 0 Å². The lowest BCUT2D eigenvalue weighted by Gasteiger charge is -2.23. The summed E-state index contributed by atoms with van der Waals surface area (Å²) in [6.45, 7) is 6.83. The third-order valence-electron chi connectivity index (χ3n) is 1.74. The summed E-state index contributed by atoms with van der Waals surface area (Å²) in [5, 5.41) is 5.69. The molecule has 0 aromatic heterocycles. The molecule has 0 saturated carbocycles. The second-order valence-electron chi connectivity index (χ2n) is 3.45. The monoisotopic (exact) mass is 204 g/mol. The van der Waals surface area contributed by atoms with E-state index >= 15 is 0 Å². The van der Waals surface area contributed by atoms with Crippen molar-refractivity contribution in [3.8, 4) is 0 Å². The van der Waals surface area contributed by atoms with E-state index in [1.807, 2.05) is 20.1 Å². The van der Waals surface area contributed by atoms with Crippen molar-refractivity contribution >= 4 is 17.8 Å². The molecule has 0 aliphatic rings. The summed E-state index contributed by atoms with van der Waals surface area (Å²) in [5.74, 6) is 0. The Morgan fingerprint density at radius 1 is 1.46 bits per heavy atom. The highest BCUT2D eigenvalue weighted by Gasteiger charge is 2.17. The van der Waals surface area contributed by atoms with Crippen LogP contribution >= 0.6 is 11.8 Å². The minimum Gasteiger partial charge on any atom is -0.338 e.